The summed E-state index contributed by atoms with van der Waals surface area (Å²) < 4.78 is 0. The Balaban J connectivity index is 0.00000172. The lowest BCUT2D eigenvalue weighted by molar-refractivity contribution is -0.118. The van der Waals surface area contributed by atoms with Crippen LogP contribution in [0.2, 0.25) is 0 Å². The lowest BCUT2D eigenvalue weighted by Crippen LogP contribution is -2.38. The van der Waals surface area contributed by atoms with E-state index in [9.17, 15) is 4.79 Å². The molecule has 0 fully saturated rings. The third-order valence-corrected chi connectivity index (χ3v) is 2.97. The summed E-state index contributed by atoms with van der Waals surface area (Å²) >= 11 is 0. The molecule has 0 radical (unpaired) electrons. The van der Waals surface area contributed by atoms with Crippen LogP contribution in [0, 0.1) is 11.3 Å². The van der Waals surface area contributed by atoms with Crippen LogP contribution < -0.4 is 4.90 Å². The fourth-order valence-electron chi connectivity index (χ4n) is 2.09. The monoisotopic (exact) mass is 274 g/mol. The molecule has 0 aliphatic carbocycles. The van der Waals surface area contributed by atoms with Gasteiger partial charge in [0, 0.05) is 18.2 Å². The fourth-order valence-corrected chi connectivity index (χ4v) is 2.09. The quantitative estimate of drug-likeness (QED) is 0.792. The van der Waals surface area contributed by atoms with E-state index in [0.29, 0.717) is 12.0 Å². The predicted octanol–water partition coefficient (Wildman–Crippen LogP) is 4.52. The number of hydrogen-bond acceptors (Lipinski definition) is 2. The van der Waals surface area contributed by atoms with Crippen LogP contribution in [0.15, 0.2) is 24.3 Å². The van der Waals surface area contributed by atoms with E-state index in [0.717, 1.165) is 18.5 Å². The molecule has 0 saturated heterocycles. The molecule has 1 unspecified atom stereocenters. The Morgan fingerprint density at radius 3 is 2.50 bits per heavy atom. The summed E-state index contributed by atoms with van der Waals surface area (Å²) in [6.07, 6.45) is 2.47. The highest BCUT2D eigenvalue weighted by Gasteiger charge is 2.20. The van der Waals surface area contributed by atoms with Crippen molar-refractivity contribution in [3.63, 3.8) is 0 Å². The standard InChI is InChI=1S/C15H20N2O.C2H6/c1-4-7-12(3)17(15(18)5-2)14-9-6-8-13(10-14)11-16;1-2/h6,8-10,12H,4-5,7H2,1-3H3;1-2H3. The molecule has 3 heteroatoms. The molecule has 1 atom stereocenters. The highest BCUT2D eigenvalue weighted by Crippen LogP contribution is 2.21. The third-order valence-electron chi connectivity index (χ3n) is 2.97. The van der Waals surface area contributed by atoms with Gasteiger partial charge in [-0.05, 0) is 31.5 Å². The minimum Gasteiger partial charge on any atom is -0.310 e. The highest BCUT2D eigenvalue weighted by atomic mass is 16.2. The molecule has 1 aromatic rings. The fraction of sp³-hybridized carbons (Fsp3) is 0.529. The van der Waals surface area contributed by atoms with Crippen LogP contribution in [-0.4, -0.2) is 11.9 Å². The molecule has 0 bridgehead atoms. The highest BCUT2D eigenvalue weighted by molar-refractivity contribution is 5.93. The number of carbonyl (C=O) groups excluding carboxylic acids is 1. The van der Waals surface area contributed by atoms with Gasteiger partial charge in [0.15, 0.2) is 0 Å². The number of hydrogen-bond donors (Lipinski definition) is 0. The maximum atomic E-state index is 12.1. The van der Waals surface area contributed by atoms with Crippen molar-refractivity contribution < 1.29 is 4.79 Å². The van der Waals surface area contributed by atoms with Crippen molar-refractivity contribution in [3.8, 4) is 6.07 Å². The van der Waals surface area contributed by atoms with Gasteiger partial charge in [-0.15, -0.1) is 0 Å². The van der Waals surface area contributed by atoms with E-state index < -0.39 is 0 Å². The molecule has 0 N–H and O–H groups in total. The molecule has 0 heterocycles. The van der Waals surface area contributed by atoms with Crippen LogP contribution >= 0.6 is 0 Å². The summed E-state index contributed by atoms with van der Waals surface area (Å²) in [5, 5.41) is 8.93. The van der Waals surface area contributed by atoms with Gasteiger partial charge >= 0.3 is 0 Å². The van der Waals surface area contributed by atoms with Gasteiger partial charge in [0.05, 0.1) is 11.6 Å². The molecule has 0 aliphatic heterocycles. The number of rotatable bonds is 5. The van der Waals surface area contributed by atoms with Gasteiger partial charge in [-0.2, -0.15) is 5.26 Å². The molecule has 20 heavy (non-hydrogen) atoms. The average molecular weight is 274 g/mol. The Morgan fingerprint density at radius 1 is 1.35 bits per heavy atom. The second-order valence-corrected chi connectivity index (χ2v) is 4.42. The van der Waals surface area contributed by atoms with E-state index in [1.807, 2.05) is 37.8 Å². The first-order valence-electron chi connectivity index (χ1n) is 7.46. The summed E-state index contributed by atoms with van der Waals surface area (Å²) in [5.41, 5.74) is 1.41. The Morgan fingerprint density at radius 2 is 2.00 bits per heavy atom. The molecule has 1 aromatic carbocycles. The zero-order chi connectivity index (χ0) is 15.5. The zero-order valence-corrected chi connectivity index (χ0v) is 13.3. The van der Waals surface area contributed by atoms with E-state index >= 15 is 0 Å². The smallest absolute Gasteiger partial charge is 0.226 e. The molecule has 0 aliphatic rings. The Bertz CT molecular complexity index is 449. The minimum absolute atomic E-state index is 0.103. The first-order chi connectivity index (χ1) is 9.63. The number of benzene rings is 1. The van der Waals surface area contributed by atoms with Crippen molar-refractivity contribution >= 4 is 11.6 Å². The number of anilines is 1. The Hall–Kier alpha value is -1.82. The maximum absolute atomic E-state index is 12.1. The number of carbonyl (C=O) groups is 1. The van der Waals surface area contributed by atoms with E-state index in [2.05, 4.69) is 19.9 Å². The number of amides is 1. The van der Waals surface area contributed by atoms with Crippen molar-refractivity contribution in [2.75, 3.05) is 4.90 Å². The minimum atomic E-state index is 0.103. The molecule has 0 saturated carbocycles. The van der Waals surface area contributed by atoms with Crippen LogP contribution in [0.5, 0.6) is 0 Å². The van der Waals surface area contributed by atoms with E-state index in [-0.39, 0.29) is 11.9 Å². The van der Waals surface area contributed by atoms with Crippen molar-refractivity contribution in [1.82, 2.24) is 0 Å². The van der Waals surface area contributed by atoms with Crippen molar-refractivity contribution in [2.45, 2.75) is 59.9 Å². The second-order valence-electron chi connectivity index (χ2n) is 4.42. The molecule has 110 valence electrons. The zero-order valence-electron chi connectivity index (χ0n) is 13.3. The van der Waals surface area contributed by atoms with Crippen LogP contribution in [-0.2, 0) is 4.79 Å². The van der Waals surface area contributed by atoms with Crippen LogP contribution in [0.1, 0.15) is 59.4 Å². The lowest BCUT2D eigenvalue weighted by atomic mass is 10.1. The number of nitriles is 1. The molecule has 1 rings (SSSR count). The third kappa shape index (κ3) is 5.05. The molecule has 1 amide bonds. The molecular formula is C17H26N2O. The molecule has 3 nitrogen and oxygen atoms in total. The van der Waals surface area contributed by atoms with Gasteiger partial charge in [0.25, 0.3) is 0 Å². The normalized spacial score (nSPS) is 10.8. The molecular weight excluding hydrogens is 248 g/mol. The van der Waals surface area contributed by atoms with Crippen LogP contribution in [0.25, 0.3) is 0 Å². The summed E-state index contributed by atoms with van der Waals surface area (Å²) in [5.74, 6) is 0.103. The SMILES string of the molecule is CC.CCCC(C)N(C(=O)CC)c1cccc(C#N)c1. The molecule has 0 spiro atoms. The topological polar surface area (TPSA) is 44.1 Å². The van der Waals surface area contributed by atoms with Gasteiger partial charge in [0.2, 0.25) is 5.91 Å². The second kappa shape index (κ2) is 10.0. The van der Waals surface area contributed by atoms with E-state index in [1.165, 1.54) is 0 Å². The first kappa shape index (κ1) is 18.2. The Kier molecular flexibility index (Phi) is 9.11. The van der Waals surface area contributed by atoms with Gasteiger partial charge in [-0.1, -0.05) is 40.2 Å². The predicted molar refractivity (Wildman–Crippen MR) is 84.7 cm³/mol. The Labute approximate surface area is 123 Å². The summed E-state index contributed by atoms with van der Waals surface area (Å²) in [6.45, 7) is 10.0. The van der Waals surface area contributed by atoms with Crippen molar-refractivity contribution in [3.05, 3.63) is 29.8 Å². The van der Waals surface area contributed by atoms with E-state index in [1.54, 1.807) is 12.1 Å². The number of nitrogens with zero attached hydrogens (tertiary/aromatic N) is 2. The van der Waals surface area contributed by atoms with Gasteiger partial charge in [-0.3, -0.25) is 4.79 Å². The van der Waals surface area contributed by atoms with Gasteiger partial charge in [-0.25, -0.2) is 0 Å². The first-order valence-corrected chi connectivity index (χ1v) is 7.46. The van der Waals surface area contributed by atoms with Gasteiger partial charge in [0.1, 0.15) is 0 Å². The lowest BCUT2D eigenvalue weighted by Gasteiger charge is -2.29. The summed E-state index contributed by atoms with van der Waals surface area (Å²) in [7, 11) is 0. The van der Waals surface area contributed by atoms with Crippen molar-refractivity contribution in [1.29, 1.82) is 5.26 Å². The van der Waals surface area contributed by atoms with Crippen LogP contribution in [0.3, 0.4) is 0 Å². The molecule has 0 aromatic heterocycles. The van der Waals surface area contributed by atoms with Crippen LogP contribution in [0.4, 0.5) is 5.69 Å². The van der Waals surface area contributed by atoms with E-state index in [4.69, 9.17) is 5.26 Å². The summed E-state index contributed by atoms with van der Waals surface area (Å²) in [4.78, 5) is 13.9. The largest absolute Gasteiger partial charge is 0.310 e. The average Bonchev–Trinajstić information content (AvgIpc) is 2.49. The van der Waals surface area contributed by atoms with Crippen molar-refractivity contribution in [2.24, 2.45) is 0 Å². The van der Waals surface area contributed by atoms with Gasteiger partial charge < -0.3 is 4.90 Å². The summed E-state index contributed by atoms with van der Waals surface area (Å²) in [6, 6.07) is 9.52. The maximum Gasteiger partial charge on any atom is 0.226 e.